The van der Waals surface area contributed by atoms with Crippen molar-refractivity contribution in [3.8, 4) is 17.2 Å². The number of carbonyl (C=O) groups excluding carboxylic acids is 1. The Morgan fingerprint density at radius 1 is 1.24 bits per heavy atom. The highest BCUT2D eigenvalue weighted by atomic mass is 16.5. The van der Waals surface area contributed by atoms with Gasteiger partial charge in [-0.3, -0.25) is 4.79 Å². The van der Waals surface area contributed by atoms with Crippen molar-refractivity contribution in [3.63, 3.8) is 0 Å². The highest BCUT2D eigenvalue weighted by Crippen LogP contribution is 2.41. The molecule has 7 nitrogen and oxygen atoms in total. The van der Waals surface area contributed by atoms with Crippen LogP contribution in [0.15, 0.2) is 36.4 Å². The molecule has 4 rings (SSSR count). The van der Waals surface area contributed by atoms with Crippen molar-refractivity contribution in [2.45, 2.75) is 38.3 Å². The Hall–Kier alpha value is -3.22. The second-order valence-corrected chi connectivity index (χ2v) is 7.88. The molecule has 0 spiro atoms. The third kappa shape index (κ3) is 3.99. The minimum atomic E-state index is -1.16. The maximum Gasteiger partial charge on any atom is 0.330 e. The van der Waals surface area contributed by atoms with Crippen LogP contribution >= 0.6 is 0 Å². The van der Waals surface area contributed by atoms with Crippen molar-refractivity contribution >= 4 is 11.9 Å². The monoisotopic (exact) mass is 397 g/mol. The van der Waals surface area contributed by atoms with E-state index in [9.17, 15) is 14.7 Å². The van der Waals surface area contributed by atoms with E-state index in [1.54, 1.807) is 24.3 Å². The molecule has 0 aliphatic carbocycles. The summed E-state index contributed by atoms with van der Waals surface area (Å²) >= 11 is 0. The molecule has 1 unspecified atom stereocenters. The lowest BCUT2D eigenvalue weighted by atomic mass is 10.0. The number of fused-ring (bicyclic) bond motifs is 2. The number of carboxylic acids is 1. The summed E-state index contributed by atoms with van der Waals surface area (Å²) in [5.74, 6) is 0.212. The van der Waals surface area contributed by atoms with Crippen LogP contribution in [0.5, 0.6) is 17.2 Å². The van der Waals surface area contributed by atoms with E-state index in [1.165, 1.54) is 0 Å². The van der Waals surface area contributed by atoms with Gasteiger partial charge < -0.3 is 24.6 Å². The Morgan fingerprint density at radius 2 is 2.07 bits per heavy atom. The van der Waals surface area contributed by atoms with Crippen LogP contribution in [0.3, 0.4) is 0 Å². The Bertz CT molecular complexity index is 968. The average molecular weight is 397 g/mol. The van der Waals surface area contributed by atoms with Gasteiger partial charge in [-0.2, -0.15) is 0 Å². The summed E-state index contributed by atoms with van der Waals surface area (Å²) in [6.07, 6.45) is 1.48. The minimum Gasteiger partial charge on any atom is -0.493 e. The first-order chi connectivity index (χ1) is 13.8. The molecular formula is C22H23NO6. The fourth-order valence-corrected chi connectivity index (χ4v) is 3.72. The van der Waals surface area contributed by atoms with Crippen LogP contribution in [0.25, 0.3) is 0 Å². The van der Waals surface area contributed by atoms with Crippen LogP contribution in [0.2, 0.25) is 0 Å². The fourth-order valence-electron chi connectivity index (χ4n) is 3.72. The highest BCUT2D eigenvalue weighted by molar-refractivity contribution is 5.85. The largest absolute Gasteiger partial charge is 0.493 e. The Kier molecular flexibility index (Phi) is 4.82. The maximum atomic E-state index is 12.4. The van der Waals surface area contributed by atoms with Crippen molar-refractivity contribution in [1.29, 1.82) is 0 Å². The van der Waals surface area contributed by atoms with E-state index in [1.807, 2.05) is 26.0 Å². The smallest absolute Gasteiger partial charge is 0.330 e. The average Bonchev–Trinajstić information content (AvgIpc) is 3.25. The summed E-state index contributed by atoms with van der Waals surface area (Å²) in [5.41, 5.74) is 2.15. The van der Waals surface area contributed by atoms with E-state index >= 15 is 0 Å². The molecule has 0 fully saturated rings. The summed E-state index contributed by atoms with van der Waals surface area (Å²) in [4.78, 5) is 24.1. The van der Waals surface area contributed by atoms with E-state index in [2.05, 4.69) is 5.32 Å². The maximum absolute atomic E-state index is 12.4. The van der Waals surface area contributed by atoms with Gasteiger partial charge >= 0.3 is 5.97 Å². The molecule has 152 valence electrons. The number of nitrogens with one attached hydrogen (secondary N) is 1. The van der Waals surface area contributed by atoms with Crippen molar-refractivity contribution in [1.82, 2.24) is 5.32 Å². The van der Waals surface area contributed by atoms with Crippen molar-refractivity contribution in [2.24, 2.45) is 0 Å². The normalized spacial score (nSPS) is 16.8. The van der Waals surface area contributed by atoms with Gasteiger partial charge in [-0.25, -0.2) is 4.79 Å². The summed E-state index contributed by atoms with van der Waals surface area (Å²) in [6, 6.07) is 9.56. The number of aliphatic carboxylic acids is 1. The number of rotatable bonds is 6. The molecular weight excluding hydrogens is 374 g/mol. The fraction of sp³-hybridized carbons (Fsp3) is 0.364. The van der Waals surface area contributed by atoms with Gasteiger partial charge in [0.2, 0.25) is 0 Å². The van der Waals surface area contributed by atoms with Crippen LogP contribution in [0.4, 0.5) is 0 Å². The summed E-state index contributed by atoms with van der Waals surface area (Å²) in [5, 5.41) is 12.1. The van der Waals surface area contributed by atoms with Gasteiger partial charge in [-0.05, 0) is 43.2 Å². The van der Waals surface area contributed by atoms with Crippen LogP contribution in [-0.4, -0.2) is 35.8 Å². The van der Waals surface area contributed by atoms with Crippen molar-refractivity contribution in [2.75, 3.05) is 13.2 Å². The molecule has 29 heavy (non-hydrogen) atoms. The third-order valence-electron chi connectivity index (χ3n) is 5.01. The Labute approximate surface area is 168 Å². The second kappa shape index (κ2) is 7.31. The number of carbonyl (C=O) groups is 2. The standard InChI is InChI=1S/C22H23NO6/c1-22(2)11-15-4-3-5-17(20(15)29-22)28-12-18(24)23-19(21(25)26)14-6-7-16-13(10-14)8-9-27-16/h3-7,10,19H,8-9,11-12H2,1-2H3,(H,23,24)(H,25,26). The van der Waals surface area contributed by atoms with E-state index in [4.69, 9.17) is 14.2 Å². The molecule has 2 aliphatic rings. The molecule has 1 atom stereocenters. The Morgan fingerprint density at radius 3 is 2.86 bits per heavy atom. The van der Waals surface area contributed by atoms with Crippen molar-refractivity contribution in [3.05, 3.63) is 53.1 Å². The molecule has 2 aromatic carbocycles. The Balaban J connectivity index is 1.43. The zero-order chi connectivity index (χ0) is 20.6. The number of benzene rings is 2. The minimum absolute atomic E-state index is 0.307. The van der Waals surface area contributed by atoms with Crippen molar-refractivity contribution < 1.29 is 28.9 Å². The molecule has 1 amide bonds. The molecule has 7 heteroatoms. The lowest BCUT2D eigenvalue weighted by molar-refractivity contribution is -0.142. The first-order valence-electron chi connectivity index (χ1n) is 9.54. The molecule has 0 saturated heterocycles. The number of ether oxygens (including phenoxy) is 3. The van der Waals surface area contributed by atoms with Gasteiger partial charge in [0.25, 0.3) is 5.91 Å². The van der Waals surface area contributed by atoms with E-state index in [0.29, 0.717) is 23.7 Å². The van der Waals surface area contributed by atoms with Crippen LogP contribution in [0.1, 0.15) is 36.6 Å². The molecule has 0 aromatic heterocycles. The van der Waals surface area contributed by atoms with Crippen LogP contribution in [0, 0.1) is 0 Å². The SMILES string of the molecule is CC1(C)Cc2cccc(OCC(=O)NC(C(=O)O)c3ccc4c(c3)CCO4)c2O1. The summed E-state index contributed by atoms with van der Waals surface area (Å²) in [6.45, 7) is 4.25. The number of amides is 1. The van der Waals surface area contributed by atoms with E-state index < -0.39 is 17.9 Å². The van der Waals surface area contributed by atoms with Gasteiger partial charge in [0, 0.05) is 18.4 Å². The van der Waals surface area contributed by atoms with Crippen LogP contribution in [-0.2, 0) is 22.4 Å². The lowest BCUT2D eigenvalue weighted by Gasteiger charge is -2.19. The molecule has 2 N–H and O–H groups in total. The van der Waals surface area contributed by atoms with Crippen LogP contribution < -0.4 is 19.5 Å². The molecule has 2 heterocycles. The second-order valence-electron chi connectivity index (χ2n) is 7.88. The van der Waals surface area contributed by atoms with Gasteiger partial charge in [-0.15, -0.1) is 0 Å². The lowest BCUT2D eigenvalue weighted by Crippen LogP contribution is -2.36. The number of hydrogen-bond donors (Lipinski definition) is 2. The topological polar surface area (TPSA) is 94.1 Å². The molecule has 0 bridgehead atoms. The van der Waals surface area contributed by atoms with E-state index in [-0.39, 0.29) is 12.2 Å². The summed E-state index contributed by atoms with van der Waals surface area (Å²) in [7, 11) is 0. The highest BCUT2D eigenvalue weighted by Gasteiger charge is 2.32. The first kappa shape index (κ1) is 19.1. The number of para-hydroxylation sites is 1. The molecule has 0 radical (unpaired) electrons. The predicted octanol–water partition coefficient (Wildman–Crippen LogP) is 2.66. The zero-order valence-corrected chi connectivity index (χ0v) is 16.4. The number of hydrogen-bond acceptors (Lipinski definition) is 5. The van der Waals surface area contributed by atoms with Gasteiger partial charge in [-0.1, -0.05) is 18.2 Å². The molecule has 2 aliphatic heterocycles. The molecule has 0 saturated carbocycles. The first-order valence-corrected chi connectivity index (χ1v) is 9.54. The quantitative estimate of drug-likeness (QED) is 0.778. The van der Waals surface area contributed by atoms with Gasteiger partial charge in [0.1, 0.15) is 11.4 Å². The van der Waals surface area contributed by atoms with E-state index in [0.717, 1.165) is 29.7 Å². The van der Waals surface area contributed by atoms with Gasteiger partial charge in [0.15, 0.2) is 24.1 Å². The van der Waals surface area contributed by atoms with Gasteiger partial charge in [0.05, 0.1) is 6.61 Å². The zero-order valence-electron chi connectivity index (χ0n) is 16.4. The molecule has 2 aromatic rings. The summed E-state index contributed by atoms with van der Waals surface area (Å²) < 4.78 is 17.0. The number of carboxylic acid groups (broad SMARTS) is 1. The third-order valence-corrected chi connectivity index (χ3v) is 5.01. The predicted molar refractivity (Wildman–Crippen MR) is 105 cm³/mol.